The molecule has 4 rings (SSSR count). The quantitative estimate of drug-likeness (QED) is 0.325. The molecule has 0 aromatic heterocycles. The number of hydrogen-bond acceptors (Lipinski definition) is 4. The third kappa shape index (κ3) is 3.81. The second-order valence-electron chi connectivity index (χ2n) is 7.19. The third-order valence-corrected chi connectivity index (χ3v) is 6.12. The van der Waals surface area contributed by atoms with Gasteiger partial charge in [0.15, 0.2) is 0 Å². The molecule has 5 nitrogen and oxygen atoms in total. The van der Waals surface area contributed by atoms with E-state index in [-0.39, 0.29) is 24.5 Å². The van der Waals surface area contributed by atoms with Gasteiger partial charge in [-0.05, 0) is 28.5 Å². The molecule has 0 spiro atoms. The molecule has 1 heterocycles. The van der Waals surface area contributed by atoms with Crippen molar-refractivity contribution in [3.63, 3.8) is 0 Å². The van der Waals surface area contributed by atoms with E-state index in [1.165, 1.54) is 12.0 Å². The highest BCUT2D eigenvalue weighted by molar-refractivity contribution is 6.47. The van der Waals surface area contributed by atoms with Gasteiger partial charge >= 0.3 is 0 Å². The van der Waals surface area contributed by atoms with E-state index in [9.17, 15) is 14.7 Å². The topological polar surface area (TPSA) is 66.8 Å². The maximum atomic E-state index is 13.1. The predicted molar refractivity (Wildman–Crippen MR) is 121 cm³/mol. The number of ether oxygens (including phenoxy) is 1. The number of nitrogens with zero attached hydrogens (tertiary/aromatic N) is 1. The highest BCUT2D eigenvalue weighted by atomic mass is 35.5. The van der Waals surface area contributed by atoms with Crippen LogP contribution in [-0.2, 0) is 14.3 Å². The van der Waals surface area contributed by atoms with Gasteiger partial charge in [-0.3, -0.25) is 9.59 Å². The van der Waals surface area contributed by atoms with Gasteiger partial charge in [-0.25, -0.2) is 0 Å². The van der Waals surface area contributed by atoms with Crippen LogP contribution in [0.2, 0.25) is 10.0 Å². The Kier molecular flexibility index (Phi) is 6.01. The van der Waals surface area contributed by atoms with Crippen LogP contribution in [0, 0.1) is 0 Å². The van der Waals surface area contributed by atoms with Crippen LogP contribution in [-0.4, -0.2) is 42.0 Å². The van der Waals surface area contributed by atoms with Crippen LogP contribution in [0.5, 0.6) is 0 Å². The van der Waals surface area contributed by atoms with Gasteiger partial charge in [-0.2, -0.15) is 0 Å². The fourth-order valence-corrected chi connectivity index (χ4v) is 4.21. The van der Waals surface area contributed by atoms with Crippen LogP contribution < -0.4 is 0 Å². The number of Topliss-reactive ketones (excluding diaryl/α,β-unsaturated/α-hetero) is 1. The molecule has 158 valence electrons. The van der Waals surface area contributed by atoms with E-state index >= 15 is 0 Å². The van der Waals surface area contributed by atoms with Crippen molar-refractivity contribution in [3.05, 3.63) is 87.4 Å². The maximum absolute atomic E-state index is 13.1. The van der Waals surface area contributed by atoms with Gasteiger partial charge in [0.25, 0.3) is 11.7 Å². The SMILES string of the molecule is COCCN1C(=O)C(=O)/C(=C(\O)c2cccc3ccccc23)C1c1ccc(Cl)c(Cl)c1. The summed E-state index contributed by atoms with van der Waals surface area (Å²) in [7, 11) is 1.51. The lowest BCUT2D eigenvalue weighted by Crippen LogP contribution is -2.32. The van der Waals surface area contributed by atoms with E-state index in [0.717, 1.165) is 10.8 Å². The molecule has 7 heteroatoms. The lowest BCUT2D eigenvalue weighted by molar-refractivity contribution is -0.140. The predicted octanol–water partition coefficient (Wildman–Crippen LogP) is 5.21. The van der Waals surface area contributed by atoms with Crippen molar-refractivity contribution in [1.82, 2.24) is 4.90 Å². The van der Waals surface area contributed by atoms with Gasteiger partial charge in [0.1, 0.15) is 5.76 Å². The molecule has 1 aliphatic rings. The van der Waals surface area contributed by atoms with E-state index in [0.29, 0.717) is 21.2 Å². The Labute approximate surface area is 189 Å². The Hall–Kier alpha value is -2.86. The summed E-state index contributed by atoms with van der Waals surface area (Å²) in [6.45, 7) is 0.414. The lowest BCUT2D eigenvalue weighted by atomic mass is 9.93. The van der Waals surface area contributed by atoms with Crippen LogP contribution in [0.3, 0.4) is 0 Å². The average Bonchev–Trinajstić information content (AvgIpc) is 3.03. The van der Waals surface area contributed by atoms with Crippen molar-refractivity contribution in [2.75, 3.05) is 20.3 Å². The first-order chi connectivity index (χ1) is 14.9. The summed E-state index contributed by atoms with van der Waals surface area (Å²) in [5, 5.41) is 13.6. The monoisotopic (exact) mass is 455 g/mol. The molecule has 3 aromatic rings. The van der Waals surface area contributed by atoms with Crippen molar-refractivity contribution in [2.45, 2.75) is 6.04 Å². The van der Waals surface area contributed by atoms with Gasteiger partial charge in [0.2, 0.25) is 0 Å². The molecule has 1 fully saturated rings. The summed E-state index contributed by atoms with van der Waals surface area (Å²) < 4.78 is 5.12. The molecular formula is C24H19Cl2NO4. The number of likely N-dealkylation sites (tertiary alicyclic amines) is 1. The number of carbonyl (C=O) groups excluding carboxylic acids is 2. The number of hydrogen-bond donors (Lipinski definition) is 1. The van der Waals surface area contributed by atoms with Gasteiger partial charge < -0.3 is 14.7 Å². The van der Waals surface area contributed by atoms with E-state index in [2.05, 4.69) is 0 Å². The number of benzene rings is 3. The minimum absolute atomic E-state index is 0.0100. The first-order valence-electron chi connectivity index (χ1n) is 9.64. The fourth-order valence-electron chi connectivity index (χ4n) is 3.91. The number of aliphatic hydroxyl groups excluding tert-OH is 1. The molecule has 1 saturated heterocycles. The van der Waals surface area contributed by atoms with Crippen molar-refractivity contribution in [1.29, 1.82) is 0 Å². The summed E-state index contributed by atoms with van der Waals surface area (Å²) in [5.41, 5.74) is 1.07. The molecule has 0 radical (unpaired) electrons. The lowest BCUT2D eigenvalue weighted by Gasteiger charge is -2.25. The Morgan fingerprint density at radius 1 is 1.03 bits per heavy atom. The van der Waals surface area contributed by atoms with Gasteiger partial charge in [-0.1, -0.05) is 71.7 Å². The highest BCUT2D eigenvalue weighted by Gasteiger charge is 2.46. The van der Waals surface area contributed by atoms with Gasteiger partial charge in [0, 0.05) is 19.2 Å². The molecule has 0 aliphatic carbocycles. The van der Waals surface area contributed by atoms with E-state index in [1.807, 2.05) is 30.3 Å². The van der Waals surface area contributed by atoms with Crippen molar-refractivity contribution < 1.29 is 19.4 Å². The number of fused-ring (bicyclic) bond motifs is 1. The summed E-state index contributed by atoms with van der Waals surface area (Å²) in [4.78, 5) is 27.3. The summed E-state index contributed by atoms with van der Waals surface area (Å²) >= 11 is 12.3. The number of aliphatic hydroxyl groups is 1. The van der Waals surface area contributed by atoms with E-state index < -0.39 is 17.7 Å². The standard InChI is InChI=1S/C24H19Cl2NO4/c1-31-12-11-27-21(15-9-10-18(25)19(26)13-15)20(23(29)24(27)30)22(28)17-8-4-6-14-5-2-3-7-16(14)17/h2-10,13,21,28H,11-12H2,1H3/b22-20-. The molecular weight excluding hydrogens is 437 g/mol. The Bertz CT molecular complexity index is 1220. The largest absolute Gasteiger partial charge is 0.507 e. The minimum Gasteiger partial charge on any atom is -0.507 e. The zero-order valence-corrected chi connectivity index (χ0v) is 18.2. The molecule has 1 aliphatic heterocycles. The van der Waals surface area contributed by atoms with Gasteiger partial charge in [0.05, 0.1) is 28.3 Å². The molecule has 0 saturated carbocycles. The van der Waals surface area contributed by atoms with Crippen molar-refractivity contribution >= 4 is 51.4 Å². The molecule has 1 unspecified atom stereocenters. The number of rotatable bonds is 5. The second-order valence-corrected chi connectivity index (χ2v) is 8.00. The maximum Gasteiger partial charge on any atom is 0.295 e. The number of ketones is 1. The highest BCUT2D eigenvalue weighted by Crippen LogP contribution is 2.41. The first kappa shape index (κ1) is 21.4. The normalized spacial score (nSPS) is 18.2. The van der Waals surface area contributed by atoms with Crippen LogP contribution in [0.25, 0.3) is 16.5 Å². The van der Waals surface area contributed by atoms with Crippen LogP contribution in [0.4, 0.5) is 0 Å². The molecule has 1 N–H and O–H groups in total. The number of methoxy groups -OCH3 is 1. The van der Waals surface area contributed by atoms with Crippen LogP contribution in [0.15, 0.2) is 66.2 Å². The van der Waals surface area contributed by atoms with E-state index in [4.69, 9.17) is 27.9 Å². The zero-order valence-electron chi connectivity index (χ0n) is 16.6. The summed E-state index contributed by atoms with van der Waals surface area (Å²) in [6.07, 6.45) is 0. The number of amides is 1. The fraction of sp³-hybridized carbons (Fsp3) is 0.167. The first-order valence-corrected chi connectivity index (χ1v) is 10.4. The molecule has 0 bridgehead atoms. The Morgan fingerprint density at radius 3 is 2.52 bits per heavy atom. The van der Waals surface area contributed by atoms with E-state index in [1.54, 1.807) is 30.3 Å². The van der Waals surface area contributed by atoms with Crippen molar-refractivity contribution in [3.8, 4) is 0 Å². The molecule has 1 amide bonds. The number of halogens is 2. The average molecular weight is 456 g/mol. The summed E-state index contributed by atoms with van der Waals surface area (Å²) in [5.74, 6) is -1.68. The smallest absolute Gasteiger partial charge is 0.295 e. The van der Waals surface area contributed by atoms with Crippen LogP contribution >= 0.6 is 23.2 Å². The Morgan fingerprint density at radius 2 is 1.77 bits per heavy atom. The minimum atomic E-state index is -0.816. The zero-order chi connectivity index (χ0) is 22.1. The number of carbonyl (C=O) groups is 2. The summed E-state index contributed by atoms with van der Waals surface area (Å²) in [6, 6.07) is 17.1. The Balaban J connectivity index is 1.95. The van der Waals surface area contributed by atoms with Crippen LogP contribution in [0.1, 0.15) is 17.2 Å². The molecule has 31 heavy (non-hydrogen) atoms. The molecule has 1 atom stereocenters. The molecule has 3 aromatic carbocycles. The van der Waals surface area contributed by atoms with Crippen molar-refractivity contribution in [2.24, 2.45) is 0 Å². The second kappa shape index (κ2) is 8.71. The third-order valence-electron chi connectivity index (χ3n) is 5.38. The van der Waals surface area contributed by atoms with Gasteiger partial charge in [-0.15, -0.1) is 0 Å².